The zero-order valence-corrected chi connectivity index (χ0v) is 19.5. The van der Waals surface area contributed by atoms with Crippen molar-refractivity contribution in [1.29, 1.82) is 0 Å². The van der Waals surface area contributed by atoms with Gasteiger partial charge in [0.05, 0.1) is 27.4 Å². The van der Waals surface area contributed by atoms with Crippen LogP contribution >= 0.6 is 23.2 Å². The van der Waals surface area contributed by atoms with Gasteiger partial charge in [-0.3, -0.25) is 9.10 Å². The zero-order chi connectivity index (χ0) is 24.9. The summed E-state index contributed by atoms with van der Waals surface area (Å²) in [6, 6.07) is 15.8. The van der Waals surface area contributed by atoms with Crippen molar-refractivity contribution in [2.24, 2.45) is 5.10 Å². The number of amides is 1. The Morgan fingerprint density at radius 3 is 2.35 bits per heavy atom. The molecule has 0 fully saturated rings. The van der Waals surface area contributed by atoms with E-state index in [1.807, 2.05) is 0 Å². The van der Waals surface area contributed by atoms with E-state index in [1.165, 1.54) is 54.6 Å². The van der Waals surface area contributed by atoms with Crippen LogP contribution in [0.5, 0.6) is 0 Å². The van der Waals surface area contributed by atoms with Gasteiger partial charge >= 0.3 is 6.18 Å². The molecule has 12 heteroatoms. The number of anilines is 1. The number of benzene rings is 3. The topological polar surface area (TPSA) is 78.8 Å². The molecule has 0 aliphatic heterocycles. The van der Waals surface area contributed by atoms with Crippen molar-refractivity contribution in [1.82, 2.24) is 5.43 Å². The fourth-order valence-electron chi connectivity index (χ4n) is 2.84. The first-order valence-electron chi connectivity index (χ1n) is 9.50. The van der Waals surface area contributed by atoms with Crippen LogP contribution in [0.25, 0.3) is 0 Å². The Bertz CT molecular complexity index is 1320. The van der Waals surface area contributed by atoms with Crippen molar-refractivity contribution in [3.63, 3.8) is 0 Å². The van der Waals surface area contributed by atoms with Gasteiger partial charge in [0.25, 0.3) is 15.9 Å². The van der Waals surface area contributed by atoms with Crippen LogP contribution in [-0.2, 0) is 21.0 Å². The Morgan fingerprint density at radius 1 is 1.00 bits per heavy atom. The highest BCUT2D eigenvalue weighted by atomic mass is 35.5. The van der Waals surface area contributed by atoms with Gasteiger partial charge in [0.2, 0.25) is 0 Å². The Labute approximate surface area is 203 Å². The molecule has 0 heterocycles. The van der Waals surface area contributed by atoms with Gasteiger partial charge in [0, 0.05) is 5.02 Å². The van der Waals surface area contributed by atoms with E-state index in [4.69, 9.17) is 23.2 Å². The summed E-state index contributed by atoms with van der Waals surface area (Å²) in [5, 5.41) is 3.89. The molecular weight excluding hydrogens is 514 g/mol. The molecule has 3 aromatic carbocycles. The number of nitrogens with zero attached hydrogens (tertiary/aromatic N) is 2. The third-order valence-corrected chi connectivity index (χ3v) is 6.73. The number of hydrogen-bond acceptors (Lipinski definition) is 4. The van der Waals surface area contributed by atoms with E-state index in [0.29, 0.717) is 0 Å². The van der Waals surface area contributed by atoms with Gasteiger partial charge in [0.15, 0.2) is 0 Å². The fraction of sp³-hybridized carbons (Fsp3) is 0.0909. The summed E-state index contributed by atoms with van der Waals surface area (Å²) in [6.07, 6.45) is -3.52. The summed E-state index contributed by atoms with van der Waals surface area (Å²) in [7, 11) is -4.22. The van der Waals surface area contributed by atoms with Gasteiger partial charge in [-0.2, -0.15) is 18.3 Å². The van der Waals surface area contributed by atoms with E-state index in [0.717, 1.165) is 22.7 Å². The highest BCUT2D eigenvalue weighted by Crippen LogP contribution is 2.32. The molecule has 0 aromatic heterocycles. The summed E-state index contributed by atoms with van der Waals surface area (Å²) < 4.78 is 65.8. The predicted molar refractivity (Wildman–Crippen MR) is 125 cm³/mol. The van der Waals surface area contributed by atoms with Crippen molar-refractivity contribution in [3.8, 4) is 0 Å². The minimum absolute atomic E-state index is 0.00641. The predicted octanol–water partition coefficient (Wildman–Crippen LogP) is 5.36. The normalized spacial score (nSPS) is 12.0. The van der Waals surface area contributed by atoms with E-state index in [-0.39, 0.29) is 26.2 Å². The van der Waals surface area contributed by atoms with Crippen LogP contribution in [0.15, 0.2) is 82.8 Å². The zero-order valence-electron chi connectivity index (χ0n) is 17.1. The summed E-state index contributed by atoms with van der Waals surface area (Å²) in [5.41, 5.74) is 1.34. The molecule has 0 saturated carbocycles. The Morgan fingerprint density at radius 2 is 1.71 bits per heavy atom. The number of alkyl halides is 3. The van der Waals surface area contributed by atoms with Crippen LogP contribution in [0.3, 0.4) is 0 Å². The Kier molecular flexibility index (Phi) is 7.86. The molecule has 178 valence electrons. The third kappa shape index (κ3) is 6.28. The molecule has 3 rings (SSSR count). The monoisotopic (exact) mass is 529 g/mol. The lowest BCUT2D eigenvalue weighted by molar-refractivity contribution is -0.137. The van der Waals surface area contributed by atoms with Crippen molar-refractivity contribution >= 4 is 51.0 Å². The summed E-state index contributed by atoms with van der Waals surface area (Å²) in [6.45, 7) is -0.710. The molecule has 0 spiro atoms. The second-order valence-corrected chi connectivity index (χ2v) is 9.54. The fourth-order valence-corrected chi connectivity index (χ4v) is 4.86. The molecule has 6 nitrogen and oxygen atoms in total. The van der Waals surface area contributed by atoms with Crippen molar-refractivity contribution < 1.29 is 26.4 Å². The Hall–Kier alpha value is -3.08. The molecule has 0 aliphatic carbocycles. The Balaban J connectivity index is 1.84. The van der Waals surface area contributed by atoms with E-state index in [9.17, 15) is 26.4 Å². The molecule has 1 N–H and O–H groups in total. The quantitative estimate of drug-likeness (QED) is 0.330. The van der Waals surface area contributed by atoms with Gasteiger partial charge < -0.3 is 0 Å². The van der Waals surface area contributed by atoms with Crippen LogP contribution in [0.4, 0.5) is 18.9 Å². The number of hydrazone groups is 1. The number of carbonyl (C=O) groups excluding carboxylic acids is 1. The van der Waals surface area contributed by atoms with Gasteiger partial charge in [-0.15, -0.1) is 0 Å². The lowest BCUT2D eigenvalue weighted by atomic mass is 10.1. The van der Waals surface area contributed by atoms with Crippen molar-refractivity contribution in [2.45, 2.75) is 11.1 Å². The number of rotatable bonds is 7. The minimum Gasteiger partial charge on any atom is -0.271 e. The molecule has 34 heavy (non-hydrogen) atoms. The van der Waals surface area contributed by atoms with E-state index in [1.54, 1.807) is 6.07 Å². The molecule has 0 saturated heterocycles. The van der Waals surface area contributed by atoms with Crippen LogP contribution in [-0.4, -0.2) is 27.1 Å². The van der Waals surface area contributed by atoms with Crippen LogP contribution < -0.4 is 9.73 Å². The van der Waals surface area contributed by atoms with Gasteiger partial charge in [0.1, 0.15) is 6.54 Å². The molecule has 0 unspecified atom stereocenters. The molecule has 1 amide bonds. The maximum Gasteiger partial charge on any atom is 0.416 e. The minimum atomic E-state index is -4.53. The van der Waals surface area contributed by atoms with Crippen molar-refractivity contribution in [3.05, 3.63) is 94.0 Å². The second-order valence-electron chi connectivity index (χ2n) is 6.84. The SMILES string of the molecule is O=C(CN(c1ccc(Cl)cc1Cl)S(=O)(=O)c1ccccc1)N/N=C\c1cccc(C(F)(F)F)c1. The largest absolute Gasteiger partial charge is 0.416 e. The molecule has 0 aliphatic rings. The van der Waals surface area contributed by atoms with Crippen LogP contribution in [0.1, 0.15) is 11.1 Å². The van der Waals surface area contributed by atoms with E-state index in [2.05, 4.69) is 10.5 Å². The molecule has 3 aromatic rings. The number of halogens is 5. The molecule has 0 atom stereocenters. The summed E-state index contributed by atoms with van der Waals surface area (Å²) in [4.78, 5) is 12.4. The lowest BCUT2D eigenvalue weighted by Crippen LogP contribution is -2.39. The van der Waals surface area contributed by atoms with Crippen LogP contribution in [0.2, 0.25) is 10.0 Å². The summed E-state index contributed by atoms with van der Waals surface area (Å²) >= 11 is 12.1. The second kappa shape index (κ2) is 10.5. The van der Waals surface area contributed by atoms with Gasteiger partial charge in [-0.25, -0.2) is 13.8 Å². The van der Waals surface area contributed by atoms with E-state index < -0.39 is 34.2 Å². The van der Waals surface area contributed by atoms with Crippen molar-refractivity contribution in [2.75, 3.05) is 10.8 Å². The summed E-state index contributed by atoms with van der Waals surface area (Å²) in [5.74, 6) is -0.853. The first kappa shape index (κ1) is 25.5. The highest BCUT2D eigenvalue weighted by molar-refractivity contribution is 7.92. The smallest absolute Gasteiger partial charge is 0.271 e. The maximum atomic E-state index is 13.2. The first-order valence-corrected chi connectivity index (χ1v) is 11.7. The standard InChI is InChI=1S/C22H16Cl2F3N3O3S/c23-17-9-10-20(19(24)12-17)30(34(32,33)18-7-2-1-3-8-18)14-21(31)29-28-13-15-5-4-6-16(11-15)22(25,26)27/h1-13H,14H2,(H,29,31)/b28-13-. The van der Waals surface area contributed by atoms with Gasteiger partial charge in [-0.1, -0.05) is 53.5 Å². The molecule has 0 bridgehead atoms. The average Bonchev–Trinajstić information content (AvgIpc) is 2.78. The number of nitrogens with one attached hydrogen (secondary N) is 1. The number of sulfonamides is 1. The van der Waals surface area contributed by atoms with Gasteiger partial charge in [-0.05, 0) is 48.0 Å². The third-order valence-electron chi connectivity index (χ3n) is 4.41. The number of carbonyl (C=O) groups is 1. The maximum absolute atomic E-state index is 13.2. The number of hydrogen-bond donors (Lipinski definition) is 1. The molecule has 0 radical (unpaired) electrons. The average molecular weight is 530 g/mol. The highest BCUT2D eigenvalue weighted by Gasteiger charge is 2.30. The van der Waals surface area contributed by atoms with Crippen LogP contribution in [0, 0.1) is 0 Å². The lowest BCUT2D eigenvalue weighted by Gasteiger charge is -2.24. The molecular formula is C22H16Cl2F3N3O3S. The first-order chi connectivity index (χ1) is 16.0. The van der Waals surface area contributed by atoms with E-state index >= 15 is 0 Å².